The van der Waals surface area contributed by atoms with Crippen molar-refractivity contribution in [1.82, 2.24) is 15.1 Å². The van der Waals surface area contributed by atoms with Crippen LogP contribution in [0.3, 0.4) is 0 Å². The number of hydrogen-bond donors (Lipinski definition) is 1. The molecule has 1 aromatic carbocycles. The number of ether oxygens (including phenoxy) is 1. The van der Waals surface area contributed by atoms with E-state index in [9.17, 15) is 4.79 Å². The van der Waals surface area contributed by atoms with Crippen LogP contribution >= 0.6 is 0 Å². The fourth-order valence-corrected chi connectivity index (χ4v) is 3.01. The van der Waals surface area contributed by atoms with Crippen LogP contribution in [0.5, 0.6) is 5.75 Å². The van der Waals surface area contributed by atoms with Gasteiger partial charge in [0, 0.05) is 25.0 Å². The third-order valence-corrected chi connectivity index (χ3v) is 5.09. The van der Waals surface area contributed by atoms with Gasteiger partial charge in [0.05, 0.1) is 0 Å². The second-order valence-corrected chi connectivity index (χ2v) is 7.24. The molecular weight excluding hydrogens is 366 g/mol. The van der Waals surface area contributed by atoms with E-state index in [-0.39, 0.29) is 12.5 Å². The van der Waals surface area contributed by atoms with E-state index in [4.69, 9.17) is 9.15 Å². The molecule has 0 saturated carbocycles. The molecule has 29 heavy (non-hydrogen) atoms. The zero-order valence-electron chi connectivity index (χ0n) is 17.4. The summed E-state index contributed by atoms with van der Waals surface area (Å²) < 4.78 is 13.3. The molecule has 2 heterocycles. The van der Waals surface area contributed by atoms with Gasteiger partial charge in [-0.2, -0.15) is 5.10 Å². The number of furan rings is 1. The van der Waals surface area contributed by atoms with Gasteiger partial charge in [0.15, 0.2) is 5.76 Å². The number of aromatic nitrogens is 2. The van der Waals surface area contributed by atoms with E-state index in [0.717, 1.165) is 30.8 Å². The molecule has 0 radical (unpaired) electrons. The van der Waals surface area contributed by atoms with Crippen LogP contribution in [0.25, 0.3) is 0 Å². The molecular formula is C23H29N3O3. The molecule has 0 spiro atoms. The monoisotopic (exact) mass is 395 g/mol. The Bertz CT molecular complexity index is 912. The largest absolute Gasteiger partial charge is 0.486 e. The Morgan fingerprint density at radius 3 is 2.69 bits per heavy atom. The van der Waals surface area contributed by atoms with Gasteiger partial charge in [0.2, 0.25) is 0 Å². The van der Waals surface area contributed by atoms with Crippen molar-refractivity contribution in [3.63, 3.8) is 0 Å². The number of amides is 1. The highest BCUT2D eigenvalue weighted by molar-refractivity contribution is 5.91. The normalized spacial score (nSPS) is 12.0. The van der Waals surface area contributed by atoms with Crippen molar-refractivity contribution in [2.24, 2.45) is 0 Å². The number of nitrogens with one attached hydrogen (secondary N) is 1. The van der Waals surface area contributed by atoms with E-state index in [1.54, 1.807) is 18.3 Å². The minimum absolute atomic E-state index is 0.216. The molecule has 0 aliphatic rings. The van der Waals surface area contributed by atoms with Crippen LogP contribution < -0.4 is 10.1 Å². The van der Waals surface area contributed by atoms with E-state index in [0.29, 0.717) is 24.0 Å². The van der Waals surface area contributed by atoms with Gasteiger partial charge in [-0.1, -0.05) is 26.0 Å². The molecule has 0 saturated heterocycles. The van der Waals surface area contributed by atoms with Crippen LogP contribution in [0.4, 0.5) is 0 Å². The van der Waals surface area contributed by atoms with Crippen molar-refractivity contribution in [3.05, 3.63) is 71.4 Å². The average molecular weight is 396 g/mol. The summed E-state index contributed by atoms with van der Waals surface area (Å²) in [5.74, 6) is 2.03. The Kier molecular flexibility index (Phi) is 7.11. The highest BCUT2D eigenvalue weighted by Crippen LogP contribution is 2.22. The minimum atomic E-state index is -0.216. The maximum atomic E-state index is 12.2. The summed E-state index contributed by atoms with van der Waals surface area (Å²) in [6, 6.07) is 13.5. The fourth-order valence-electron chi connectivity index (χ4n) is 3.01. The lowest BCUT2D eigenvalue weighted by molar-refractivity contribution is 0.0921. The summed E-state index contributed by atoms with van der Waals surface area (Å²) in [6.07, 6.45) is 3.69. The van der Waals surface area contributed by atoms with E-state index < -0.39 is 0 Å². The second-order valence-electron chi connectivity index (χ2n) is 7.24. The van der Waals surface area contributed by atoms with E-state index in [1.165, 1.54) is 5.56 Å². The third-order valence-electron chi connectivity index (χ3n) is 5.09. The Hall–Kier alpha value is -3.02. The van der Waals surface area contributed by atoms with E-state index >= 15 is 0 Å². The summed E-state index contributed by atoms with van der Waals surface area (Å²) in [5.41, 5.74) is 2.42. The summed E-state index contributed by atoms with van der Waals surface area (Å²) in [5, 5.41) is 7.10. The Morgan fingerprint density at radius 2 is 2.00 bits per heavy atom. The van der Waals surface area contributed by atoms with Gasteiger partial charge in [0.1, 0.15) is 18.1 Å². The first-order valence-electron chi connectivity index (χ1n) is 10.1. The zero-order chi connectivity index (χ0) is 20.6. The number of aryl methyl sites for hydroxylation is 2. The Balaban J connectivity index is 1.42. The Labute approximate surface area is 171 Å². The van der Waals surface area contributed by atoms with Gasteiger partial charge in [-0.05, 0) is 61.6 Å². The molecule has 1 N–H and O–H groups in total. The smallest absolute Gasteiger partial charge is 0.286 e. The number of carbonyl (C=O) groups is 1. The predicted octanol–water partition coefficient (Wildman–Crippen LogP) is 4.70. The number of benzene rings is 1. The van der Waals surface area contributed by atoms with E-state index in [1.807, 2.05) is 29.8 Å². The quantitative estimate of drug-likeness (QED) is 0.505. The van der Waals surface area contributed by atoms with Crippen molar-refractivity contribution in [2.45, 2.75) is 52.7 Å². The van der Waals surface area contributed by atoms with Crippen molar-refractivity contribution in [1.29, 1.82) is 0 Å². The predicted molar refractivity (Wildman–Crippen MR) is 112 cm³/mol. The van der Waals surface area contributed by atoms with Gasteiger partial charge in [0.25, 0.3) is 5.91 Å². The minimum Gasteiger partial charge on any atom is -0.486 e. The molecule has 0 bridgehead atoms. The van der Waals surface area contributed by atoms with Gasteiger partial charge >= 0.3 is 0 Å². The Morgan fingerprint density at radius 1 is 1.21 bits per heavy atom. The van der Waals surface area contributed by atoms with Crippen LogP contribution in [-0.2, 0) is 13.2 Å². The molecule has 6 heteroatoms. The highest BCUT2D eigenvalue weighted by Gasteiger charge is 2.11. The summed E-state index contributed by atoms with van der Waals surface area (Å²) in [6.45, 7) is 8.02. The van der Waals surface area contributed by atoms with Crippen molar-refractivity contribution in [2.75, 3.05) is 6.54 Å². The number of carbonyl (C=O) groups excluding carboxylic acids is 1. The molecule has 0 aliphatic heterocycles. The van der Waals surface area contributed by atoms with Gasteiger partial charge in [-0.25, -0.2) is 0 Å². The van der Waals surface area contributed by atoms with Crippen LogP contribution in [0.2, 0.25) is 0 Å². The van der Waals surface area contributed by atoms with Gasteiger partial charge < -0.3 is 14.5 Å². The summed E-state index contributed by atoms with van der Waals surface area (Å²) in [4.78, 5) is 12.2. The molecule has 3 aromatic rings. The number of hydrogen-bond acceptors (Lipinski definition) is 4. The summed E-state index contributed by atoms with van der Waals surface area (Å²) in [7, 11) is 0. The molecule has 1 unspecified atom stereocenters. The molecule has 6 nitrogen and oxygen atoms in total. The first-order chi connectivity index (χ1) is 14.1. The van der Waals surface area contributed by atoms with Gasteiger partial charge in [-0.15, -0.1) is 0 Å². The molecule has 154 valence electrons. The van der Waals surface area contributed by atoms with E-state index in [2.05, 4.69) is 36.4 Å². The molecule has 0 aliphatic carbocycles. The first-order valence-corrected chi connectivity index (χ1v) is 10.1. The standard InChI is InChI=1S/C23H29N3O3/c1-4-17(2)19-6-8-20(9-7-19)28-16-21-10-11-22(29-21)23(27)24-13-5-15-26-18(3)12-14-25-26/h6-12,14,17H,4-5,13,15-16H2,1-3H3,(H,24,27). The van der Waals surface area contributed by atoms with Crippen LogP contribution in [0.15, 0.2) is 53.1 Å². The number of rotatable bonds is 10. The van der Waals surface area contributed by atoms with Crippen LogP contribution in [-0.4, -0.2) is 22.2 Å². The van der Waals surface area contributed by atoms with Crippen LogP contribution in [0.1, 0.15) is 60.2 Å². The molecule has 3 rings (SSSR count). The zero-order valence-corrected chi connectivity index (χ0v) is 17.4. The molecule has 2 aromatic heterocycles. The third kappa shape index (κ3) is 5.73. The summed E-state index contributed by atoms with van der Waals surface area (Å²) >= 11 is 0. The van der Waals surface area contributed by atoms with Crippen molar-refractivity contribution in [3.8, 4) is 5.75 Å². The fraction of sp³-hybridized carbons (Fsp3) is 0.391. The molecule has 1 atom stereocenters. The highest BCUT2D eigenvalue weighted by atomic mass is 16.5. The van der Waals surface area contributed by atoms with Crippen molar-refractivity contribution >= 4 is 5.91 Å². The first kappa shape index (κ1) is 20.7. The van der Waals surface area contributed by atoms with Crippen LogP contribution in [0, 0.1) is 6.92 Å². The average Bonchev–Trinajstić information content (AvgIpc) is 3.38. The molecule has 0 fully saturated rings. The van der Waals surface area contributed by atoms with Gasteiger partial charge in [-0.3, -0.25) is 9.48 Å². The lowest BCUT2D eigenvalue weighted by Gasteiger charge is -2.10. The topological polar surface area (TPSA) is 69.3 Å². The SMILES string of the molecule is CCC(C)c1ccc(OCc2ccc(C(=O)NCCCn3nccc3C)o2)cc1. The lowest BCUT2D eigenvalue weighted by Crippen LogP contribution is -2.25. The maximum absolute atomic E-state index is 12.2. The number of nitrogens with zero attached hydrogens (tertiary/aromatic N) is 2. The lowest BCUT2D eigenvalue weighted by atomic mass is 9.99. The second kappa shape index (κ2) is 9.96. The maximum Gasteiger partial charge on any atom is 0.286 e. The van der Waals surface area contributed by atoms with Crippen molar-refractivity contribution < 1.29 is 13.9 Å². The molecule has 1 amide bonds.